The van der Waals surface area contributed by atoms with Crippen molar-refractivity contribution in [1.82, 2.24) is 10.0 Å². The number of hydrogen-bond donors (Lipinski definition) is 0. The molecule has 1 aliphatic carbocycles. The maximum absolute atomic E-state index is 11.9. The van der Waals surface area contributed by atoms with Gasteiger partial charge in [0.25, 0.3) is 0 Å². The SMILES string of the molecule is CCOC(=O)N1[C@@H]2CCCC[C@@H]2N1C(=O)OCC. The Bertz CT molecular complexity index is 302. The largest absolute Gasteiger partial charge is 0.448 e. The molecule has 0 radical (unpaired) electrons. The Morgan fingerprint density at radius 1 is 0.944 bits per heavy atom. The number of carbonyl (C=O) groups excluding carboxylic acids is 2. The van der Waals surface area contributed by atoms with Crippen molar-refractivity contribution >= 4 is 12.2 Å². The smallest absolute Gasteiger partial charge is 0.429 e. The molecule has 0 N–H and O–H groups in total. The number of rotatable bonds is 2. The van der Waals surface area contributed by atoms with Crippen molar-refractivity contribution in [3.63, 3.8) is 0 Å². The lowest BCUT2D eigenvalue weighted by Crippen LogP contribution is -2.75. The Kier molecular flexibility index (Phi) is 3.93. The molecule has 0 aromatic carbocycles. The molecule has 102 valence electrons. The summed E-state index contributed by atoms with van der Waals surface area (Å²) in [6.45, 7) is 4.13. The zero-order chi connectivity index (χ0) is 13.1. The lowest BCUT2D eigenvalue weighted by Gasteiger charge is -2.56. The van der Waals surface area contributed by atoms with Crippen molar-refractivity contribution in [3.05, 3.63) is 0 Å². The van der Waals surface area contributed by atoms with E-state index in [0.29, 0.717) is 13.2 Å². The van der Waals surface area contributed by atoms with Gasteiger partial charge in [0, 0.05) is 0 Å². The number of amides is 2. The van der Waals surface area contributed by atoms with E-state index in [9.17, 15) is 9.59 Å². The van der Waals surface area contributed by atoms with E-state index in [2.05, 4.69) is 0 Å². The minimum absolute atomic E-state index is 0.0993. The third-order valence-corrected chi connectivity index (χ3v) is 3.46. The Balaban J connectivity index is 2.08. The quantitative estimate of drug-likeness (QED) is 0.759. The zero-order valence-electron chi connectivity index (χ0n) is 10.9. The molecule has 0 aromatic heterocycles. The van der Waals surface area contributed by atoms with Crippen LogP contribution in [0.15, 0.2) is 0 Å². The van der Waals surface area contributed by atoms with Gasteiger partial charge in [-0.05, 0) is 26.7 Å². The van der Waals surface area contributed by atoms with Crippen molar-refractivity contribution in [3.8, 4) is 0 Å². The standard InChI is InChI=1S/C12H20N2O4/c1-3-17-11(15)13-9-7-5-6-8-10(9)14(13)12(16)18-4-2/h9-10H,3-8H2,1-2H3/t9-,10+. The molecule has 0 spiro atoms. The van der Waals surface area contributed by atoms with E-state index in [0.717, 1.165) is 25.7 Å². The van der Waals surface area contributed by atoms with E-state index in [1.54, 1.807) is 13.8 Å². The van der Waals surface area contributed by atoms with Gasteiger partial charge in [-0.1, -0.05) is 12.8 Å². The third-order valence-electron chi connectivity index (χ3n) is 3.46. The van der Waals surface area contributed by atoms with Crippen molar-refractivity contribution in [2.45, 2.75) is 51.6 Å². The van der Waals surface area contributed by atoms with Crippen LogP contribution < -0.4 is 0 Å². The van der Waals surface area contributed by atoms with Gasteiger partial charge in [-0.2, -0.15) is 0 Å². The van der Waals surface area contributed by atoms with Gasteiger partial charge in [-0.3, -0.25) is 0 Å². The highest BCUT2D eigenvalue weighted by atomic mass is 16.6. The number of fused-ring (bicyclic) bond motifs is 1. The molecule has 0 bridgehead atoms. The van der Waals surface area contributed by atoms with Gasteiger partial charge in [0.1, 0.15) is 0 Å². The first-order chi connectivity index (χ1) is 8.70. The normalized spacial score (nSPS) is 26.1. The van der Waals surface area contributed by atoms with E-state index in [1.165, 1.54) is 10.0 Å². The lowest BCUT2D eigenvalue weighted by molar-refractivity contribution is -0.176. The topological polar surface area (TPSA) is 59.1 Å². The summed E-state index contributed by atoms with van der Waals surface area (Å²) in [5.41, 5.74) is 0. The van der Waals surface area contributed by atoms with Crippen LogP contribution in [-0.2, 0) is 9.47 Å². The summed E-state index contributed by atoms with van der Waals surface area (Å²) >= 11 is 0. The molecule has 6 heteroatoms. The fourth-order valence-electron chi connectivity index (χ4n) is 2.74. The summed E-state index contributed by atoms with van der Waals surface area (Å²) in [6, 6.07) is 0.199. The Hall–Kier alpha value is -1.46. The molecule has 0 unspecified atom stereocenters. The van der Waals surface area contributed by atoms with E-state index in [4.69, 9.17) is 9.47 Å². The first kappa shape index (κ1) is 13.0. The number of hydrazine groups is 1. The van der Waals surface area contributed by atoms with Crippen LogP contribution in [0, 0.1) is 0 Å². The predicted molar refractivity (Wildman–Crippen MR) is 63.8 cm³/mol. The second-order valence-electron chi connectivity index (χ2n) is 4.51. The van der Waals surface area contributed by atoms with Gasteiger partial charge in [-0.15, -0.1) is 0 Å². The highest BCUT2D eigenvalue weighted by Gasteiger charge is 2.54. The molecule has 2 atom stereocenters. The summed E-state index contributed by atoms with van der Waals surface area (Å²) in [5.74, 6) is 0. The van der Waals surface area contributed by atoms with Crippen LogP contribution in [0.4, 0.5) is 9.59 Å². The van der Waals surface area contributed by atoms with Gasteiger partial charge < -0.3 is 9.47 Å². The fraction of sp³-hybridized carbons (Fsp3) is 0.833. The molecule has 2 fully saturated rings. The highest BCUT2D eigenvalue weighted by Crippen LogP contribution is 2.38. The summed E-state index contributed by atoms with van der Waals surface area (Å²) < 4.78 is 9.98. The van der Waals surface area contributed by atoms with Gasteiger partial charge in [0.05, 0.1) is 25.3 Å². The van der Waals surface area contributed by atoms with Gasteiger partial charge >= 0.3 is 12.2 Å². The van der Waals surface area contributed by atoms with Crippen molar-refractivity contribution in [2.24, 2.45) is 0 Å². The van der Waals surface area contributed by atoms with Crippen molar-refractivity contribution in [1.29, 1.82) is 0 Å². The Morgan fingerprint density at radius 3 is 1.67 bits per heavy atom. The van der Waals surface area contributed by atoms with Crippen LogP contribution >= 0.6 is 0 Å². The molecular weight excluding hydrogens is 236 g/mol. The van der Waals surface area contributed by atoms with E-state index in [-0.39, 0.29) is 12.1 Å². The molecule has 0 aromatic rings. The minimum Gasteiger partial charge on any atom is -0.448 e. The molecule has 1 saturated carbocycles. The fourth-order valence-corrected chi connectivity index (χ4v) is 2.74. The van der Waals surface area contributed by atoms with Gasteiger partial charge in [0.15, 0.2) is 0 Å². The first-order valence-electron chi connectivity index (χ1n) is 6.62. The minimum atomic E-state index is -0.450. The van der Waals surface area contributed by atoms with Crippen LogP contribution in [0.3, 0.4) is 0 Å². The van der Waals surface area contributed by atoms with Crippen LogP contribution in [0.25, 0.3) is 0 Å². The average molecular weight is 256 g/mol. The lowest BCUT2D eigenvalue weighted by atomic mass is 9.86. The summed E-state index contributed by atoms with van der Waals surface area (Å²) in [4.78, 5) is 23.7. The Morgan fingerprint density at radius 2 is 1.33 bits per heavy atom. The van der Waals surface area contributed by atoms with E-state index in [1.807, 2.05) is 0 Å². The van der Waals surface area contributed by atoms with Crippen molar-refractivity contribution in [2.75, 3.05) is 13.2 Å². The van der Waals surface area contributed by atoms with Gasteiger partial charge in [-0.25, -0.2) is 19.6 Å². The van der Waals surface area contributed by atoms with Crippen LogP contribution in [0.5, 0.6) is 0 Å². The van der Waals surface area contributed by atoms with Crippen LogP contribution in [0.2, 0.25) is 0 Å². The highest BCUT2D eigenvalue weighted by molar-refractivity contribution is 5.77. The summed E-state index contributed by atoms with van der Waals surface area (Å²) in [7, 11) is 0. The van der Waals surface area contributed by atoms with E-state index < -0.39 is 12.2 Å². The number of carbonyl (C=O) groups is 2. The molecule has 6 nitrogen and oxygen atoms in total. The maximum Gasteiger partial charge on any atom is 0.429 e. The van der Waals surface area contributed by atoms with Crippen molar-refractivity contribution < 1.29 is 19.1 Å². The molecule has 2 aliphatic rings. The average Bonchev–Trinajstić information content (AvgIpc) is 2.31. The number of hydrogen-bond acceptors (Lipinski definition) is 4. The number of nitrogens with zero attached hydrogens (tertiary/aromatic N) is 2. The van der Waals surface area contributed by atoms with Crippen LogP contribution in [0.1, 0.15) is 39.5 Å². The molecule has 2 amide bonds. The second-order valence-corrected chi connectivity index (χ2v) is 4.51. The first-order valence-corrected chi connectivity index (χ1v) is 6.62. The molecular formula is C12H20N2O4. The van der Waals surface area contributed by atoms with Gasteiger partial charge in [0.2, 0.25) is 0 Å². The maximum atomic E-state index is 11.9. The molecule has 1 heterocycles. The molecule has 18 heavy (non-hydrogen) atoms. The number of ether oxygens (including phenoxy) is 2. The second kappa shape index (κ2) is 5.46. The monoisotopic (exact) mass is 256 g/mol. The molecule has 1 aliphatic heterocycles. The van der Waals surface area contributed by atoms with Crippen LogP contribution in [-0.4, -0.2) is 47.5 Å². The van der Waals surface area contributed by atoms with E-state index >= 15 is 0 Å². The Labute approximate surface area is 107 Å². The summed E-state index contributed by atoms with van der Waals surface area (Å²) in [5, 5.41) is 2.84. The summed E-state index contributed by atoms with van der Waals surface area (Å²) in [6.07, 6.45) is 3.14. The predicted octanol–water partition coefficient (Wildman–Crippen LogP) is 2.14. The molecule has 1 saturated heterocycles. The zero-order valence-corrected chi connectivity index (χ0v) is 10.9. The third kappa shape index (κ3) is 2.11. The molecule has 2 rings (SSSR count).